The Labute approximate surface area is 141 Å². The number of esters is 2. The van der Waals surface area contributed by atoms with Crippen LogP contribution >= 0.6 is 0 Å². The van der Waals surface area contributed by atoms with Crippen molar-refractivity contribution in [2.45, 2.75) is 32.1 Å². The molecule has 132 valence electrons. The summed E-state index contributed by atoms with van der Waals surface area (Å²) in [5.41, 5.74) is 1.82. The average Bonchev–Trinajstić information content (AvgIpc) is 2.62. The molecule has 1 saturated heterocycles. The van der Waals surface area contributed by atoms with Gasteiger partial charge in [-0.3, -0.25) is 9.59 Å². The summed E-state index contributed by atoms with van der Waals surface area (Å²) in [6, 6.07) is 7.05. The van der Waals surface area contributed by atoms with Gasteiger partial charge in [0.1, 0.15) is 0 Å². The van der Waals surface area contributed by atoms with Gasteiger partial charge < -0.3 is 14.2 Å². The van der Waals surface area contributed by atoms with Gasteiger partial charge in [0.15, 0.2) is 12.2 Å². The van der Waals surface area contributed by atoms with Crippen molar-refractivity contribution in [3.05, 3.63) is 29.8 Å². The summed E-state index contributed by atoms with van der Waals surface area (Å²) in [6.07, 6.45) is 0.619. The first-order chi connectivity index (χ1) is 11.5. The molecule has 2 atom stereocenters. The van der Waals surface area contributed by atoms with E-state index in [1.807, 2.05) is 31.2 Å². The molecule has 0 N–H and O–H groups in total. The zero-order valence-corrected chi connectivity index (χ0v) is 14.4. The molecule has 7 nitrogen and oxygen atoms in total. The highest BCUT2D eigenvalue weighted by atomic mass is 16.8. The van der Waals surface area contributed by atoms with Crippen LogP contribution in [0, 0.1) is 12.8 Å². The molecule has 0 aliphatic carbocycles. The molecule has 0 unspecified atom stereocenters. The highest BCUT2D eigenvalue weighted by Gasteiger charge is 2.44. The standard InChI is InChI=1S/C17H23NO6/c1-11-5-7-12(8-6-11)18-13(9-10-14(21-2)24-18)15(16(19)22-3)17(20)23-4/h5-8,13-15H,9-10H2,1-4H3/t13-,14-/m1/s1. The summed E-state index contributed by atoms with van der Waals surface area (Å²) in [5, 5.41) is 1.55. The van der Waals surface area contributed by atoms with Crippen molar-refractivity contribution in [1.29, 1.82) is 0 Å². The normalized spacial score (nSPS) is 20.8. The zero-order chi connectivity index (χ0) is 17.7. The monoisotopic (exact) mass is 337 g/mol. The van der Waals surface area contributed by atoms with Gasteiger partial charge in [-0.25, -0.2) is 9.90 Å². The molecule has 1 aliphatic rings. The number of rotatable bonds is 5. The zero-order valence-electron chi connectivity index (χ0n) is 14.4. The van der Waals surface area contributed by atoms with Crippen LogP contribution in [-0.4, -0.2) is 45.6 Å². The maximum absolute atomic E-state index is 12.2. The second kappa shape index (κ2) is 8.12. The molecule has 1 heterocycles. The minimum absolute atomic E-state index is 0.446. The average molecular weight is 337 g/mol. The first-order valence-electron chi connectivity index (χ1n) is 7.73. The summed E-state index contributed by atoms with van der Waals surface area (Å²) in [4.78, 5) is 30.2. The van der Waals surface area contributed by atoms with Crippen molar-refractivity contribution in [2.24, 2.45) is 5.92 Å². The van der Waals surface area contributed by atoms with E-state index < -0.39 is 30.2 Å². The molecule has 0 bridgehead atoms. The smallest absolute Gasteiger partial charge is 0.322 e. The lowest BCUT2D eigenvalue weighted by molar-refractivity contribution is -0.181. The van der Waals surface area contributed by atoms with Crippen molar-refractivity contribution in [1.82, 2.24) is 0 Å². The topological polar surface area (TPSA) is 74.3 Å². The molecule has 1 aliphatic heterocycles. The first kappa shape index (κ1) is 18.2. The van der Waals surface area contributed by atoms with Gasteiger partial charge in [-0.15, -0.1) is 0 Å². The van der Waals surface area contributed by atoms with Gasteiger partial charge in [0.25, 0.3) is 0 Å². The van der Waals surface area contributed by atoms with Crippen molar-refractivity contribution < 1.29 is 28.6 Å². The Morgan fingerprint density at radius 1 is 1.08 bits per heavy atom. The lowest BCUT2D eigenvalue weighted by atomic mass is 9.93. The minimum atomic E-state index is -1.10. The van der Waals surface area contributed by atoms with Gasteiger partial charge in [-0.1, -0.05) is 17.7 Å². The fourth-order valence-electron chi connectivity index (χ4n) is 2.75. The van der Waals surface area contributed by atoms with Crippen LogP contribution in [-0.2, 0) is 28.6 Å². The summed E-state index contributed by atoms with van der Waals surface area (Å²) in [7, 11) is 4.04. The van der Waals surface area contributed by atoms with E-state index in [4.69, 9.17) is 19.0 Å². The van der Waals surface area contributed by atoms with Gasteiger partial charge in [0.05, 0.1) is 25.9 Å². The number of carbonyl (C=O) groups is 2. The van der Waals surface area contributed by atoms with Gasteiger partial charge in [0.2, 0.25) is 0 Å². The molecular weight excluding hydrogens is 314 g/mol. The molecule has 0 aromatic heterocycles. The minimum Gasteiger partial charge on any atom is -0.468 e. The van der Waals surface area contributed by atoms with Gasteiger partial charge >= 0.3 is 11.9 Å². The fraction of sp³-hybridized carbons (Fsp3) is 0.529. The van der Waals surface area contributed by atoms with Crippen molar-refractivity contribution >= 4 is 17.6 Å². The van der Waals surface area contributed by atoms with E-state index in [0.717, 1.165) is 11.3 Å². The fourth-order valence-corrected chi connectivity index (χ4v) is 2.75. The quantitative estimate of drug-likeness (QED) is 0.599. The molecule has 1 fully saturated rings. The number of ether oxygens (including phenoxy) is 3. The van der Waals surface area contributed by atoms with Crippen molar-refractivity contribution in [3.8, 4) is 0 Å². The van der Waals surface area contributed by atoms with E-state index in [-0.39, 0.29) is 0 Å². The Hall–Kier alpha value is -2.12. The van der Waals surface area contributed by atoms with E-state index in [0.29, 0.717) is 12.8 Å². The largest absolute Gasteiger partial charge is 0.468 e. The Balaban J connectivity index is 2.37. The van der Waals surface area contributed by atoms with Crippen LogP contribution in [0.15, 0.2) is 24.3 Å². The molecule has 0 amide bonds. The molecule has 24 heavy (non-hydrogen) atoms. The summed E-state index contributed by atoms with van der Waals surface area (Å²) < 4.78 is 14.9. The summed E-state index contributed by atoms with van der Waals surface area (Å²) in [5.74, 6) is -2.40. The lowest BCUT2D eigenvalue weighted by Crippen LogP contribution is -2.52. The van der Waals surface area contributed by atoms with Gasteiger partial charge in [-0.05, 0) is 25.5 Å². The Morgan fingerprint density at radius 2 is 1.67 bits per heavy atom. The molecule has 7 heteroatoms. The number of hydroxylamine groups is 1. The first-order valence-corrected chi connectivity index (χ1v) is 7.73. The highest BCUT2D eigenvalue weighted by molar-refractivity contribution is 5.96. The third-order valence-corrected chi connectivity index (χ3v) is 4.08. The van der Waals surface area contributed by atoms with Crippen LogP contribution in [0.4, 0.5) is 5.69 Å². The van der Waals surface area contributed by atoms with Gasteiger partial charge in [-0.2, -0.15) is 0 Å². The van der Waals surface area contributed by atoms with Crippen LogP contribution in [0.2, 0.25) is 0 Å². The van der Waals surface area contributed by atoms with Crippen molar-refractivity contribution in [3.63, 3.8) is 0 Å². The molecule has 0 saturated carbocycles. The number of anilines is 1. The number of hydrogen-bond donors (Lipinski definition) is 0. The predicted octanol–water partition coefficient (Wildman–Crippen LogP) is 1.83. The number of nitrogens with zero attached hydrogens (tertiary/aromatic N) is 1. The van der Waals surface area contributed by atoms with E-state index in [9.17, 15) is 9.59 Å². The number of aryl methyl sites for hydroxylation is 1. The maximum atomic E-state index is 12.2. The van der Waals surface area contributed by atoms with Crippen molar-refractivity contribution in [2.75, 3.05) is 26.4 Å². The van der Waals surface area contributed by atoms with Crippen LogP contribution in [0.5, 0.6) is 0 Å². The third kappa shape index (κ3) is 3.85. The van der Waals surface area contributed by atoms with Crippen LogP contribution < -0.4 is 5.06 Å². The van der Waals surface area contributed by atoms with E-state index in [2.05, 4.69) is 0 Å². The van der Waals surface area contributed by atoms with Crippen LogP contribution in [0.3, 0.4) is 0 Å². The molecule has 0 radical (unpaired) electrons. The molecule has 1 aromatic carbocycles. The number of hydrogen-bond acceptors (Lipinski definition) is 7. The number of carbonyl (C=O) groups excluding carboxylic acids is 2. The lowest BCUT2D eigenvalue weighted by Gasteiger charge is -2.41. The number of methoxy groups -OCH3 is 3. The number of benzene rings is 1. The summed E-state index contributed by atoms with van der Waals surface area (Å²) >= 11 is 0. The van der Waals surface area contributed by atoms with E-state index >= 15 is 0 Å². The Morgan fingerprint density at radius 3 is 2.17 bits per heavy atom. The van der Waals surface area contributed by atoms with Crippen LogP contribution in [0.1, 0.15) is 18.4 Å². The Kier molecular flexibility index (Phi) is 6.16. The second-order valence-electron chi connectivity index (χ2n) is 5.60. The van der Waals surface area contributed by atoms with Gasteiger partial charge in [0, 0.05) is 13.5 Å². The second-order valence-corrected chi connectivity index (χ2v) is 5.60. The highest BCUT2D eigenvalue weighted by Crippen LogP contribution is 2.32. The Bertz CT molecular complexity index is 557. The molecule has 1 aromatic rings. The molecule has 0 spiro atoms. The molecule has 2 rings (SSSR count). The van der Waals surface area contributed by atoms with E-state index in [1.54, 1.807) is 12.2 Å². The summed E-state index contributed by atoms with van der Waals surface area (Å²) in [6.45, 7) is 1.97. The third-order valence-electron chi connectivity index (χ3n) is 4.08. The van der Waals surface area contributed by atoms with E-state index in [1.165, 1.54) is 14.2 Å². The molecular formula is C17H23NO6. The van der Waals surface area contributed by atoms with Crippen LogP contribution in [0.25, 0.3) is 0 Å². The predicted molar refractivity (Wildman–Crippen MR) is 86.1 cm³/mol. The maximum Gasteiger partial charge on any atom is 0.322 e. The SMILES string of the molecule is COC(=O)C(C(=O)OC)[C@H]1CC[C@H](OC)ON1c1ccc(C)cc1.